The van der Waals surface area contributed by atoms with Crippen LogP contribution in [0.1, 0.15) is 0 Å². The van der Waals surface area contributed by atoms with Crippen LogP contribution < -0.4 is 5.73 Å². The van der Waals surface area contributed by atoms with Crippen LogP contribution in [-0.2, 0) is 7.05 Å². The zero-order chi connectivity index (χ0) is 11.1. The number of hydrogen-bond acceptors (Lipinski definition) is 3. The minimum absolute atomic E-state index is 0.407. The Kier molecular flexibility index (Phi) is 1.73. The fourth-order valence-corrected chi connectivity index (χ4v) is 1.87. The standard InChI is InChI=1S/C11H11N5/c1-16-9-5-3-2-4-7(9)10(15-16)8-6-13-11(12)14-8/h2-6H,1H3,(H3,12,13,14). The van der Waals surface area contributed by atoms with Gasteiger partial charge in [0.15, 0.2) is 5.95 Å². The quantitative estimate of drug-likeness (QED) is 0.644. The summed E-state index contributed by atoms with van der Waals surface area (Å²) in [5.41, 5.74) is 8.37. The van der Waals surface area contributed by atoms with Crippen LogP contribution in [0.25, 0.3) is 22.3 Å². The molecule has 1 aromatic carbocycles. The highest BCUT2D eigenvalue weighted by molar-refractivity contribution is 5.92. The van der Waals surface area contributed by atoms with Crippen molar-refractivity contribution >= 4 is 16.9 Å². The van der Waals surface area contributed by atoms with Crippen molar-refractivity contribution in [1.29, 1.82) is 0 Å². The van der Waals surface area contributed by atoms with Gasteiger partial charge in [0.05, 0.1) is 17.4 Å². The number of nitrogens with one attached hydrogen (secondary N) is 1. The van der Waals surface area contributed by atoms with Crippen molar-refractivity contribution in [3.63, 3.8) is 0 Å². The molecule has 0 fully saturated rings. The average Bonchev–Trinajstić information content (AvgIpc) is 2.84. The lowest BCUT2D eigenvalue weighted by molar-refractivity contribution is 0.799. The number of aromatic nitrogens is 4. The van der Waals surface area contributed by atoms with E-state index in [1.54, 1.807) is 6.20 Å². The Balaban J connectivity index is 2.32. The minimum atomic E-state index is 0.407. The fourth-order valence-electron chi connectivity index (χ4n) is 1.87. The van der Waals surface area contributed by atoms with Crippen molar-refractivity contribution in [2.45, 2.75) is 0 Å². The van der Waals surface area contributed by atoms with Crippen molar-refractivity contribution in [2.75, 3.05) is 5.73 Å². The summed E-state index contributed by atoms with van der Waals surface area (Å²) in [4.78, 5) is 6.97. The second-order valence-corrected chi connectivity index (χ2v) is 3.67. The molecule has 0 radical (unpaired) electrons. The van der Waals surface area contributed by atoms with E-state index in [9.17, 15) is 0 Å². The molecule has 0 bridgehead atoms. The molecule has 0 aliphatic rings. The first-order chi connectivity index (χ1) is 7.75. The zero-order valence-corrected chi connectivity index (χ0v) is 8.81. The Hall–Kier alpha value is -2.30. The van der Waals surface area contributed by atoms with Gasteiger partial charge in [0.2, 0.25) is 0 Å². The second kappa shape index (κ2) is 3.10. The van der Waals surface area contributed by atoms with Gasteiger partial charge in [0, 0.05) is 12.4 Å². The third-order valence-electron chi connectivity index (χ3n) is 2.61. The molecule has 5 nitrogen and oxygen atoms in total. The largest absolute Gasteiger partial charge is 0.369 e. The number of rotatable bonds is 1. The SMILES string of the molecule is Cn1nc(-c2cnc(N)[nH]2)c2ccccc21. The molecule has 0 saturated carbocycles. The smallest absolute Gasteiger partial charge is 0.197 e. The van der Waals surface area contributed by atoms with Crippen LogP contribution in [0.5, 0.6) is 0 Å². The van der Waals surface area contributed by atoms with Crippen LogP contribution in [-0.4, -0.2) is 19.7 Å². The molecule has 0 unspecified atom stereocenters. The van der Waals surface area contributed by atoms with E-state index in [1.807, 2.05) is 36.0 Å². The number of para-hydroxylation sites is 1. The van der Waals surface area contributed by atoms with Crippen LogP contribution in [0.4, 0.5) is 5.95 Å². The molecule has 2 heterocycles. The molecule has 0 atom stereocenters. The van der Waals surface area contributed by atoms with Crippen LogP contribution in [0.2, 0.25) is 0 Å². The van der Waals surface area contributed by atoms with E-state index >= 15 is 0 Å². The molecule has 80 valence electrons. The van der Waals surface area contributed by atoms with Crippen molar-refractivity contribution < 1.29 is 0 Å². The van der Waals surface area contributed by atoms with Crippen LogP contribution in [0, 0.1) is 0 Å². The summed E-state index contributed by atoms with van der Waals surface area (Å²) in [5, 5.41) is 5.55. The molecule has 0 saturated heterocycles. The number of nitrogens with zero attached hydrogens (tertiary/aromatic N) is 3. The van der Waals surface area contributed by atoms with Crippen LogP contribution in [0.15, 0.2) is 30.5 Å². The summed E-state index contributed by atoms with van der Waals surface area (Å²) < 4.78 is 1.85. The Bertz CT molecular complexity index is 649. The first-order valence-electron chi connectivity index (χ1n) is 4.98. The maximum Gasteiger partial charge on any atom is 0.197 e. The van der Waals surface area contributed by atoms with Crippen molar-refractivity contribution in [3.8, 4) is 11.4 Å². The molecule has 2 aromatic heterocycles. The lowest BCUT2D eigenvalue weighted by Gasteiger charge is -1.91. The molecule has 3 N–H and O–H groups in total. The monoisotopic (exact) mass is 213 g/mol. The van der Waals surface area contributed by atoms with Gasteiger partial charge < -0.3 is 10.7 Å². The first kappa shape index (κ1) is 8.96. The molecular weight excluding hydrogens is 202 g/mol. The topological polar surface area (TPSA) is 72.5 Å². The van der Waals surface area contributed by atoms with E-state index < -0.39 is 0 Å². The molecule has 0 aliphatic heterocycles. The van der Waals surface area contributed by atoms with Gasteiger partial charge in [0.1, 0.15) is 5.69 Å². The van der Waals surface area contributed by atoms with Gasteiger partial charge in [0.25, 0.3) is 0 Å². The summed E-state index contributed by atoms with van der Waals surface area (Å²) in [7, 11) is 1.92. The molecule has 16 heavy (non-hydrogen) atoms. The highest BCUT2D eigenvalue weighted by Gasteiger charge is 2.11. The summed E-state index contributed by atoms with van der Waals surface area (Å²) in [5.74, 6) is 0.407. The number of aryl methyl sites for hydroxylation is 1. The van der Waals surface area contributed by atoms with Crippen molar-refractivity contribution in [1.82, 2.24) is 19.7 Å². The first-order valence-corrected chi connectivity index (χ1v) is 4.98. The number of H-pyrrole nitrogens is 1. The molecule has 0 amide bonds. The van der Waals surface area contributed by atoms with Crippen LogP contribution >= 0.6 is 0 Å². The molecule has 3 rings (SSSR count). The molecular formula is C11H11N5. The number of anilines is 1. The van der Waals surface area contributed by atoms with E-state index in [2.05, 4.69) is 15.1 Å². The molecule has 3 aromatic rings. The summed E-state index contributed by atoms with van der Waals surface area (Å²) in [6, 6.07) is 8.06. The Morgan fingerprint density at radius 3 is 2.88 bits per heavy atom. The molecule has 0 spiro atoms. The van der Waals surface area contributed by atoms with E-state index in [4.69, 9.17) is 5.73 Å². The van der Waals surface area contributed by atoms with Crippen molar-refractivity contribution in [3.05, 3.63) is 30.5 Å². The van der Waals surface area contributed by atoms with Gasteiger partial charge in [-0.3, -0.25) is 4.68 Å². The molecule has 5 heteroatoms. The predicted molar refractivity (Wildman–Crippen MR) is 62.7 cm³/mol. The lowest BCUT2D eigenvalue weighted by Crippen LogP contribution is -1.90. The van der Waals surface area contributed by atoms with Gasteiger partial charge in [-0.05, 0) is 6.07 Å². The normalized spacial score (nSPS) is 11.1. The Labute approximate surface area is 91.9 Å². The molecule has 0 aliphatic carbocycles. The number of benzene rings is 1. The van der Waals surface area contributed by atoms with Gasteiger partial charge in [-0.2, -0.15) is 5.10 Å². The summed E-state index contributed by atoms with van der Waals surface area (Å²) >= 11 is 0. The van der Waals surface area contributed by atoms with Gasteiger partial charge in [-0.15, -0.1) is 0 Å². The lowest BCUT2D eigenvalue weighted by atomic mass is 10.2. The maximum absolute atomic E-state index is 5.57. The van der Waals surface area contributed by atoms with E-state index in [1.165, 1.54) is 0 Å². The van der Waals surface area contributed by atoms with E-state index in [-0.39, 0.29) is 0 Å². The number of aromatic amines is 1. The van der Waals surface area contributed by atoms with E-state index in [0.29, 0.717) is 5.95 Å². The Morgan fingerprint density at radius 2 is 2.12 bits per heavy atom. The van der Waals surface area contributed by atoms with Crippen LogP contribution in [0.3, 0.4) is 0 Å². The highest BCUT2D eigenvalue weighted by Crippen LogP contribution is 2.26. The predicted octanol–water partition coefficient (Wildman–Crippen LogP) is 1.55. The number of nitrogen functional groups attached to an aromatic ring is 1. The number of hydrogen-bond donors (Lipinski definition) is 2. The van der Waals surface area contributed by atoms with E-state index in [0.717, 1.165) is 22.3 Å². The zero-order valence-electron chi connectivity index (χ0n) is 8.81. The third kappa shape index (κ3) is 1.18. The minimum Gasteiger partial charge on any atom is -0.369 e. The van der Waals surface area contributed by atoms with Crippen molar-refractivity contribution in [2.24, 2.45) is 7.05 Å². The number of fused-ring (bicyclic) bond motifs is 1. The summed E-state index contributed by atoms with van der Waals surface area (Å²) in [6.45, 7) is 0. The Morgan fingerprint density at radius 1 is 1.31 bits per heavy atom. The second-order valence-electron chi connectivity index (χ2n) is 3.67. The third-order valence-corrected chi connectivity index (χ3v) is 2.61. The number of nitrogens with two attached hydrogens (primary N) is 1. The maximum atomic E-state index is 5.57. The van der Waals surface area contributed by atoms with Gasteiger partial charge in [-0.25, -0.2) is 4.98 Å². The fraction of sp³-hybridized carbons (Fsp3) is 0.0909. The highest BCUT2D eigenvalue weighted by atomic mass is 15.3. The van der Waals surface area contributed by atoms with Gasteiger partial charge in [-0.1, -0.05) is 18.2 Å². The summed E-state index contributed by atoms with van der Waals surface area (Å²) in [6.07, 6.45) is 1.70. The van der Waals surface area contributed by atoms with Gasteiger partial charge >= 0.3 is 0 Å². The number of imidazole rings is 1. The average molecular weight is 213 g/mol.